The zero-order valence-electron chi connectivity index (χ0n) is 18.1. The number of benzene rings is 2. The first-order valence-corrected chi connectivity index (χ1v) is 11.8. The zero-order chi connectivity index (χ0) is 23.1. The van der Waals surface area contributed by atoms with E-state index in [2.05, 4.69) is 10.1 Å². The highest BCUT2D eigenvalue weighted by Crippen LogP contribution is 2.18. The van der Waals surface area contributed by atoms with Gasteiger partial charge in [-0.3, -0.25) is 4.79 Å². The molecule has 3 rings (SSSR count). The summed E-state index contributed by atoms with van der Waals surface area (Å²) in [5.74, 6) is 1.88. The number of sulfone groups is 1. The molecule has 0 bridgehead atoms. The number of hydrogen-bond acceptors (Lipinski definition) is 8. The van der Waals surface area contributed by atoms with Crippen LogP contribution in [0.25, 0.3) is 0 Å². The Morgan fingerprint density at radius 2 is 1.84 bits per heavy atom. The molecule has 0 aliphatic heterocycles. The molecule has 0 aliphatic rings. The van der Waals surface area contributed by atoms with Crippen LogP contribution in [0.4, 0.5) is 0 Å². The minimum Gasteiger partial charge on any atom is -0.493 e. The number of aromatic nitrogens is 2. The lowest BCUT2D eigenvalue weighted by Crippen LogP contribution is -2.28. The topological polar surface area (TPSA) is 112 Å². The lowest BCUT2D eigenvalue weighted by Gasteiger charge is -2.17. The van der Waals surface area contributed by atoms with Crippen LogP contribution in [0.5, 0.6) is 11.5 Å². The van der Waals surface area contributed by atoms with Crippen molar-refractivity contribution in [3.8, 4) is 11.5 Å². The highest BCUT2D eigenvalue weighted by atomic mass is 32.2. The van der Waals surface area contributed by atoms with Crippen LogP contribution in [-0.2, 0) is 16.4 Å². The van der Waals surface area contributed by atoms with Gasteiger partial charge in [0.2, 0.25) is 11.7 Å². The summed E-state index contributed by atoms with van der Waals surface area (Å²) in [5, 5.41) is 3.76. The molecule has 10 heteroatoms. The van der Waals surface area contributed by atoms with Crippen LogP contribution in [0.3, 0.4) is 0 Å². The average Bonchev–Trinajstić information content (AvgIpc) is 3.19. The minimum atomic E-state index is -3.28. The maximum atomic E-state index is 12.6. The van der Waals surface area contributed by atoms with Gasteiger partial charge in [-0.2, -0.15) is 4.98 Å². The fourth-order valence-corrected chi connectivity index (χ4v) is 3.51. The van der Waals surface area contributed by atoms with E-state index in [4.69, 9.17) is 14.0 Å². The molecule has 0 unspecified atom stereocenters. The normalized spacial score (nSPS) is 11.2. The van der Waals surface area contributed by atoms with Crippen molar-refractivity contribution in [1.29, 1.82) is 0 Å². The third-order valence-corrected chi connectivity index (χ3v) is 5.64. The molecule has 0 fully saturated rings. The summed E-state index contributed by atoms with van der Waals surface area (Å²) in [6, 6.07) is 13.2. The molecular formula is C22H25N3O6S. The Labute approximate surface area is 186 Å². The molecule has 2 aromatic carbocycles. The van der Waals surface area contributed by atoms with Crippen molar-refractivity contribution in [2.75, 3.05) is 26.5 Å². The summed E-state index contributed by atoms with van der Waals surface area (Å²) in [6.45, 7) is 2.72. The smallest absolute Gasteiger partial charge is 0.253 e. The standard InChI is InChI=1S/C22H25N3O6S/c1-16-23-21(24-31-16)15-30-18-10-8-17(9-11-18)22(26)25(2)12-5-13-29-19-6-4-7-20(14-19)32(3,27)28/h4,6-11,14H,5,12-13,15H2,1-3H3. The molecule has 9 nitrogen and oxygen atoms in total. The summed E-state index contributed by atoms with van der Waals surface area (Å²) in [4.78, 5) is 18.5. The first kappa shape index (κ1) is 23.3. The predicted molar refractivity (Wildman–Crippen MR) is 116 cm³/mol. The fourth-order valence-electron chi connectivity index (χ4n) is 2.85. The third kappa shape index (κ3) is 6.55. The van der Waals surface area contributed by atoms with E-state index < -0.39 is 9.84 Å². The molecule has 0 aliphatic carbocycles. The maximum absolute atomic E-state index is 12.6. The second-order valence-corrected chi connectivity index (χ2v) is 9.23. The second-order valence-electron chi connectivity index (χ2n) is 7.22. The van der Waals surface area contributed by atoms with E-state index in [0.29, 0.717) is 48.4 Å². The van der Waals surface area contributed by atoms with Gasteiger partial charge >= 0.3 is 0 Å². The minimum absolute atomic E-state index is 0.121. The SMILES string of the molecule is Cc1nc(COc2ccc(C(=O)N(C)CCCOc3cccc(S(C)(=O)=O)c3)cc2)no1. The number of aryl methyl sites for hydroxylation is 1. The van der Waals surface area contributed by atoms with E-state index in [1.54, 1.807) is 55.3 Å². The van der Waals surface area contributed by atoms with Gasteiger partial charge in [-0.15, -0.1) is 0 Å². The van der Waals surface area contributed by atoms with Gasteiger partial charge in [0.05, 0.1) is 11.5 Å². The monoisotopic (exact) mass is 459 g/mol. The number of rotatable bonds is 10. The number of carbonyl (C=O) groups excluding carboxylic acids is 1. The van der Waals surface area contributed by atoms with E-state index in [9.17, 15) is 13.2 Å². The number of amides is 1. The lowest BCUT2D eigenvalue weighted by atomic mass is 10.2. The van der Waals surface area contributed by atoms with Gasteiger partial charge < -0.3 is 18.9 Å². The third-order valence-electron chi connectivity index (χ3n) is 4.53. The Balaban J connectivity index is 1.44. The first-order valence-electron chi connectivity index (χ1n) is 9.93. The molecule has 1 aromatic heterocycles. The summed E-state index contributed by atoms with van der Waals surface area (Å²) in [6.07, 6.45) is 1.75. The largest absolute Gasteiger partial charge is 0.493 e. The number of carbonyl (C=O) groups is 1. The van der Waals surface area contributed by atoms with Crippen molar-refractivity contribution >= 4 is 15.7 Å². The van der Waals surface area contributed by atoms with E-state index >= 15 is 0 Å². The average molecular weight is 460 g/mol. The first-order chi connectivity index (χ1) is 15.2. The van der Waals surface area contributed by atoms with Gasteiger partial charge in [0.1, 0.15) is 11.5 Å². The van der Waals surface area contributed by atoms with Crippen LogP contribution in [0.2, 0.25) is 0 Å². The van der Waals surface area contributed by atoms with E-state index in [0.717, 1.165) is 6.26 Å². The van der Waals surface area contributed by atoms with Gasteiger partial charge in [0.15, 0.2) is 16.4 Å². The van der Waals surface area contributed by atoms with Crippen LogP contribution in [0.1, 0.15) is 28.5 Å². The van der Waals surface area contributed by atoms with Gasteiger partial charge in [-0.1, -0.05) is 11.2 Å². The van der Waals surface area contributed by atoms with Crippen LogP contribution in [0, 0.1) is 6.92 Å². The molecular weight excluding hydrogens is 434 g/mol. The summed E-state index contributed by atoms with van der Waals surface area (Å²) in [5.41, 5.74) is 0.539. The molecule has 170 valence electrons. The fraction of sp³-hybridized carbons (Fsp3) is 0.318. The van der Waals surface area contributed by atoms with Crippen LogP contribution in [-0.4, -0.2) is 55.8 Å². The van der Waals surface area contributed by atoms with Gasteiger partial charge in [0.25, 0.3) is 5.91 Å². The molecule has 3 aromatic rings. The highest BCUT2D eigenvalue weighted by molar-refractivity contribution is 7.90. The molecule has 0 saturated carbocycles. The van der Waals surface area contributed by atoms with E-state index in [-0.39, 0.29) is 17.4 Å². The Hall–Kier alpha value is -3.40. The number of hydrogen-bond donors (Lipinski definition) is 0. The quantitative estimate of drug-likeness (QED) is 0.426. The summed E-state index contributed by atoms with van der Waals surface area (Å²) in [7, 11) is -1.57. The molecule has 0 spiro atoms. The van der Waals surface area contributed by atoms with Crippen molar-refractivity contribution in [2.24, 2.45) is 0 Å². The molecule has 0 saturated heterocycles. The molecule has 0 radical (unpaired) electrons. The molecule has 32 heavy (non-hydrogen) atoms. The van der Waals surface area contributed by atoms with Crippen LogP contribution >= 0.6 is 0 Å². The Bertz CT molecular complexity index is 1160. The van der Waals surface area contributed by atoms with Crippen molar-refractivity contribution < 1.29 is 27.2 Å². The number of ether oxygens (including phenoxy) is 2. The van der Waals surface area contributed by atoms with Gasteiger partial charge in [0, 0.05) is 32.3 Å². The molecule has 1 amide bonds. The summed E-state index contributed by atoms with van der Waals surface area (Å²) < 4.78 is 39.3. The maximum Gasteiger partial charge on any atom is 0.253 e. The summed E-state index contributed by atoms with van der Waals surface area (Å²) >= 11 is 0. The highest BCUT2D eigenvalue weighted by Gasteiger charge is 2.12. The molecule has 0 atom stereocenters. The molecule has 0 N–H and O–H groups in total. The molecule has 1 heterocycles. The van der Waals surface area contributed by atoms with Crippen LogP contribution < -0.4 is 9.47 Å². The van der Waals surface area contributed by atoms with Crippen molar-refractivity contribution in [3.05, 3.63) is 65.8 Å². The Morgan fingerprint density at radius 3 is 2.50 bits per heavy atom. The zero-order valence-corrected chi connectivity index (χ0v) is 19.0. The lowest BCUT2D eigenvalue weighted by molar-refractivity contribution is 0.0787. The number of nitrogens with zero attached hydrogens (tertiary/aromatic N) is 3. The second kappa shape index (κ2) is 10.3. The van der Waals surface area contributed by atoms with Gasteiger partial charge in [-0.25, -0.2) is 8.42 Å². The predicted octanol–water partition coefficient (Wildman–Crippen LogP) is 2.90. The van der Waals surface area contributed by atoms with Gasteiger partial charge in [-0.05, 0) is 48.9 Å². The Kier molecular flexibility index (Phi) is 7.47. The van der Waals surface area contributed by atoms with Crippen LogP contribution in [0.15, 0.2) is 57.9 Å². The van der Waals surface area contributed by atoms with Crippen molar-refractivity contribution in [3.63, 3.8) is 0 Å². The van der Waals surface area contributed by atoms with E-state index in [1.165, 1.54) is 12.1 Å². The van der Waals surface area contributed by atoms with Crippen molar-refractivity contribution in [2.45, 2.75) is 24.8 Å². The van der Waals surface area contributed by atoms with E-state index in [1.807, 2.05) is 0 Å². The van der Waals surface area contributed by atoms with Crippen molar-refractivity contribution in [1.82, 2.24) is 15.0 Å². The Morgan fingerprint density at radius 1 is 1.09 bits per heavy atom.